The van der Waals surface area contributed by atoms with Crippen LogP contribution in [0, 0.1) is 5.41 Å². The van der Waals surface area contributed by atoms with Crippen LogP contribution in [-0.2, 0) is 9.53 Å². The lowest BCUT2D eigenvalue weighted by atomic mass is 9.77. The minimum Gasteiger partial charge on any atom is -0.511 e. The fourth-order valence-electron chi connectivity index (χ4n) is 3.24. The van der Waals surface area contributed by atoms with Gasteiger partial charge >= 0.3 is 5.97 Å². The summed E-state index contributed by atoms with van der Waals surface area (Å²) in [5.74, 6) is -0.554. The number of carbonyl (C=O) groups excluding carboxylic acids is 2. The third kappa shape index (κ3) is 4.22. The smallest absolute Gasteiger partial charge is 0.341 e. The molecule has 0 radical (unpaired) electrons. The van der Waals surface area contributed by atoms with E-state index < -0.39 is 5.97 Å². The molecule has 2 aromatic rings. The molecule has 0 bridgehead atoms. The molecule has 0 saturated heterocycles. The standard InChI is InChI=1S/C22H23NO4S/c1-4-27-21(26)19-16(14-8-6-5-7-9-14)13-28-20(19)23-12-15-17(24)10-22(2,3)11-18(15)25/h5-9,12-13,24H,4,10-11H2,1-3H3. The number of allylic oxidation sites excluding steroid dienone is 2. The van der Waals surface area contributed by atoms with Gasteiger partial charge < -0.3 is 9.84 Å². The number of thiophene rings is 1. The van der Waals surface area contributed by atoms with Gasteiger partial charge in [-0.05, 0) is 17.9 Å². The first-order valence-corrected chi connectivity index (χ1v) is 10.0. The Bertz CT molecular complexity index is 954. The fraction of sp³-hybridized carbons (Fsp3) is 0.318. The molecule has 1 aromatic heterocycles. The van der Waals surface area contributed by atoms with E-state index in [4.69, 9.17) is 4.74 Å². The maximum atomic E-state index is 12.6. The van der Waals surface area contributed by atoms with Gasteiger partial charge in [0.2, 0.25) is 0 Å². The zero-order valence-electron chi connectivity index (χ0n) is 16.2. The predicted molar refractivity (Wildman–Crippen MR) is 112 cm³/mol. The third-order valence-electron chi connectivity index (χ3n) is 4.54. The number of nitrogens with zero attached hydrogens (tertiary/aromatic N) is 1. The summed E-state index contributed by atoms with van der Waals surface area (Å²) in [6.07, 6.45) is 2.14. The first kappa shape index (κ1) is 20.0. The Morgan fingerprint density at radius 1 is 1.29 bits per heavy atom. The molecule has 1 heterocycles. The lowest BCUT2D eigenvalue weighted by Crippen LogP contribution is -2.26. The summed E-state index contributed by atoms with van der Waals surface area (Å²) in [6.45, 7) is 5.89. The Kier molecular flexibility index (Phi) is 5.79. The molecular formula is C22H23NO4S. The molecule has 0 amide bonds. The van der Waals surface area contributed by atoms with E-state index in [1.807, 2.05) is 49.6 Å². The van der Waals surface area contributed by atoms with E-state index in [2.05, 4.69) is 4.99 Å². The average molecular weight is 397 g/mol. The van der Waals surface area contributed by atoms with Crippen molar-refractivity contribution >= 4 is 34.3 Å². The zero-order valence-corrected chi connectivity index (χ0v) is 17.0. The van der Waals surface area contributed by atoms with Gasteiger partial charge in [-0.25, -0.2) is 9.79 Å². The lowest BCUT2D eigenvalue weighted by molar-refractivity contribution is -0.117. The highest BCUT2D eigenvalue weighted by Gasteiger charge is 2.32. The van der Waals surface area contributed by atoms with E-state index in [9.17, 15) is 14.7 Å². The second-order valence-electron chi connectivity index (χ2n) is 7.48. The van der Waals surface area contributed by atoms with Gasteiger partial charge in [-0.1, -0.05) is 44.2 Å². The molecule has 1 aliphatic rings. The van der Waals surface area contributed by atoms with Crippen LogP contribution in [0.3, 0.4) is 0 Å². The highest BCUT2D eigenvalue weighted by Crippen LogP contribution is 2.39. The number of carbonyl (C=O) groups is 2. The van der Waals surface area contributed by atoms with Crippen molar-refractivity contribution in [2.45, 2.75) is 33.6 Å². The van der Waals surface area contributed by atoms with Crippen LogP contribution < -0.4 is 0 Å². The van der Waals surface area contributed by atoms with Gasteiger partial charge in [-0.3, -0.25) is 4.79 Å². The minimum atomic E-state index is -0.455. The number of ether oxygens (including phenoxy) is 1. The van der Waals surface area contributed by atoms with E-state index in [1.165, 1.54) is 17.6 Å². The summed E-state index contributed by atoms with van der Waals surface area (Å²) < 4.78 is 5.22. The maximum absolute atomic E-state index is 12.6. The molecular weight excluding hydrogens is 374 g/mol. The quantitative estimate of drug-likeness (QED) is 0.534. The van der Waals surface area contributed by atoms with Crippen LogP contribution in [0.1, 0.15) is 44.0 Å². The molecule has 0 saturated carbocycles. The predicted octanol–water partition coefficient (Wildman–Crippen LogP) is 5.50. The van der Waals surface area contributed by atoms with E-state index in [-0.39, 0.29) is 29.1 Å². The van der Waals surface area contributed by atoms with E-state index in [0.717, 1.165) is 11.1 Å². The van der Waals surface area contributed by atoms with Crippen molar-refractivity contribution in [3.8, 4) is 11.1 Å². The summed E-state index contributed by atoms with van der Waals surface area (Å²) in [5, 5.41) is 12.6. The third-order valence-corrected chi connectivity index (χ3v) is 5.43. The Labute approximate surface area is 168 Å². The van der Waals surface area contributed by atoms with Gasteiger partial charge in [0.25, 0.3) is 0 Å². The Morgan fingerprint density at radius 2 is 2.00 bits per heavy atom. The molecule has 0 fully saturated rings. The van der Waals surface area contributed by atoms with Crippen LogP contribution in [0.4, 0.5) is 5.00 Å². The van der Waals surface area contributed by atoms with Gasteiger partial charge in [0.05, 0.1) is 12.2 Å². The second kappa shape index (κ2) is 8.10. The normalized spacial score (nSPS) is 16.6. The summed E-state index contributed by atoms with van der Waals surface area (Å²) >= 11 is 1.30. The van der Waals surface area contributed by atoms with Crippen LogP contribution in [0.25, 0.3) is 11.1 Å². The largest absolute Gasteiger partial charge is 0.511 e. The first-order valence-electron chi connectivity index (χ1n) is 9.16. The molecule has 1 N–H and O–H groups in total. The number of rotatable bonds is 5. The molecule has 1 aromatic carbocycles. The highest BCUT2D eigenvalue weighted by molar-refractivity contribution is 7.14. The van der Waals surface area contributed by atoms with Crippen LogP contribution in [0.2, 0.25) is 0 Å². The van der Waals surface area contributed by atoms with Crippen LogP contribution >= 0.6 is 11.3 Å². The molecule has 5 nitrogen and oxygen atoms in total. The topological polar surface area (TPSA) is 76.0 Å². The summed E-state index contributed by atoms with van der Waals surface area (Å²) in [6, 6.07) is 9.54. The maximum Gasteiger partial charge on any atom is 0.341 e. The van der Waals surface area contributed by atoms with Crippen LogP contribution in [-0.4, -0.2) is 29.7 Å². The number of Topliss-reactive ketones (excluding diaryl/α,β-unsaturated/α-hetero) is 1. The number of hydrogen-bond acceptors (Lipinski definition) is 6. The van der Waals surface area contributed by atoms with Crippen molar-refractivity contribution in [1.82, 2.24) is 0 Å². The second-order valence-corrected chi connectivity index (χ2v) is 8.33. The van der Waals surface area contributed by atoms with Crippen LogP contribution in [0.15, 0.2) is 52.0 Å². The summed E-state index contributed by atoms with van der Waals surface area (Å²) in [7, 11) is 0. The number of hydrogen-bond donors (Lipinski definition) is 1. The Hall–Kier alpha value is -2.73. The average Bonchev–Trinajstić information content (AvgIpc) is 3.05. The monoisotopic (exact) mass is 397 g/mol. The van der Waals surface area contributed by atoms with Gasteiger partial charge in [0.1, 0.15) is 16.3 Å². The van der Waals surface area contributed by atoms with Gasteiger partial charge in [0.15, 0.2) is 5.78 Å². The van der Waals surface area contributed by atoms with Crippen molar-refractivity contribution < 1.29 is 19.4 Å². The number of aliphatic hydroxyl groups excluding tert-OH is 1. The van der Waals surface area contributed by atoms with Gasteiger partial charge in [-0.2, -0.15) is 0 Å². The molecule has 146 valence electrons. The lowest BCUT2D eigenvalue weighted by Gasteiger charge is -2.28. The molecule has 28 heavy (non-hydrogen) atoms. The van der Waals surface area contributed by atoms with Crippen LogP contribution in [0.5, 0.6) is 0 Å². The molecule has 0 unspecified atom stereocenters. The van der Waals surface area contributed by atoms with E-state index in [1.54, 1.807) is 6.92 Å². The minimum absolute atomic E-state index is 0.0440. The molecule has 0 aliphatic heterocycles. The van der Waals surface area contributed by atoms with Crippen molar-refractivity contribution in [2.75, 3.05) is 6.61 Å². The van der Waals surface area contributed by atoms with Crippen molar-refractivity contribution in [3.05, 3.63) is 52.6 Å². The number of esters is 1. The number of aliphatic hydroxyl groups is 1. The fourth-order valence-corrected chi connectivity index (χ4v) is 4.15. The Balaban J connectivity index is 2.01. The van der Waals surface area contributed by atoms with Gasteiger partial charge in [0, 0.05) is 30.0 Å². The number of ketones is 1. The highest BCUT2D eigenvalue weighted by atomic mass is 32.1. The molecule has 1 aliphatic carbocycles. The van der Waals surface area contributed by atoms with E-state index in [0.29, 0.717) is 23.4 Å². The molecule has 3 rings (SSSR count). The summed E-state index contributed by atoms with van der Waals surface area (Å²) in [5.41, 5.74) is 1.95. The first-order chi connectivity index (χ1) is 13.3. The zero-order chi connectivity index (χ0) is 20.3. The van der Waals surface area contributed by atoms with Gasteiger partial charge in [-0.15, -0.1) is 11.3 Å². The number of benzene rings is 1. The van der Waals surface area contributed by atoms with Crippen molar-refractivity contribution in [3.63, 3.8) is 0 Å². The van der Waals surface area contributed by atoms with Crippen molar-refractivity contribution in [1.29, 1.82) is 0 Å². The van der Waals surface area contributed by atoms with Crippen molar-refractivity contribution in [2.24, 2.45) is 10.4 Å². The molecule has 0 atom stereocenters. The molecule has 0 spiro atoms. The summed E-state index contributed by atoms with van der Waals surface area (Å²) in [4.78, 5) is 29.3. The number of aliphatic imine (C=N–C) groups is 1. The van der Waals surface area contributed by atoms with E-state index >= 15 is 0 Å². The molecule has 6 heteroatoms. The Morgan fingerprint density at radius 3 is 2.64 bits per heavy atom. The SMILES string of the molecule is CCOC(=O)c1c(-c2ccccc2)csc1N=CC1=C(O)CC(C)(C)CC1=O.